The number of aromatic carboxylic acids is 1. The summed E-state index contributed by atoms with van der Waals surface area (Å²) in [6.07, 6.45) is 0. The van der Waals surface area contributed by atoms with Gasteiger partial charge in [-0.15, -0.1) is 0 Å². The SMILES string of the molecule is Cc1oc(CNCC(C)(C)C(N)=O)cc1C(=O)O. The van der Waals surface area contributed by atoms with Gasteiger partial charge in [-0.1, -0.05) is 0 Å². The smallest absolute Gasteiger partial charge is 0.339 e. The number of carbonyl (C=O) groups excluding carboxylic acids is 1. The first-order chi connectivity index (χ1) is 8.24. The largest absolute Gasteiger partial charge is 0.478 e. The van der Waals surface area contributed by atoms with Gasteiger partial charge < -0.3 is 20.6 Å². The number of hydrogen-bond acceptors (Lipinski definition) is 4. The normalized spacial score (nSPS) is 11.5. The fourth-order valence-electron chi connectivity index (χ4n) is 1.43. The second kappa shape index (κ2) is 5.22. The lowest BCUT2D eigenvalue weighted by molar-refractivity contribution is -0.125. The van der Waals surface area contributed by atoms with Gasteiger partial charge in [-0.25, -0.2) is 4.79 Å². The molecule has 6 heteroatoms. The second-order valence-electron chi connectivity index (χ2n) is 4.84. The minimum Gasteiger partial charge on any atom is -0.478 e. The molecule has 0 bridgehead atoms. The number of rotatable bonds is 6. The van der Waals surface area contributed by atoms with Crippen LogP contribution in [-0.4, -0.2) is 23.5 Å². The molecule has 6 nitrogen and oxygen atoms in total. The Labute approximate surface area is 105 Å². The molecular weight excluding hydrogens is 236 g/mol. The number of hydrogen-bond donors (Lipinski definition) is 3. The number of nitrogens with two attached hydrogens (primary N) is 1. The molecule has 0 saturated heterocycles. The maximum absolute atomic E-state index is 11.1. The summed E-state index contributed by atoms with van der Waals surface area (Å²) in [5.74, 6) is -0.518. The zero-order chi connectivity index (χ0) is 13.9. The highest BCUT2D eigenvalue weighted by atomic mass is 16.4. The number of primary amides is 1. The van der Waals surface area contributed by atoms with Gasteiger partial charge >= 0.3 is 5.97 Å². The van der Waals surface area contributed by atoms with Crippen LogP contribution in [0, 0.1) is 12.3 Å². The Hall–Kier alpha value is -1.82. The van der Waals surface area contributed by atoms with E-state index >= 15 is 0 Å². The third-order valence-electron chi connectivity index (χ3n) is 2.73. The standard InChI is InChI=1S/C12H18N2O4/c1-7-9(10(15)16)4-8(18-7)5-14-6-12(2,3)11(13)17/h4,14H,5-6H2,1-3H3,(H2,13,17)(H,15,16). The van der Waals surface area contributed by atoms with Gasteiger partial charge in [-0.05, 0) is 26.8 Å². The predicted octanol–water partition coefficient (Wildman–Crippen LogP) is 0.887. The summed E-state index contributed by atoms with van der Waals surface area (Å²) < 4.78 is 5.29. The van der Waals surface area contributed by atoms with E-state index in [1.807, 2.05) is 0 Å². The zero-order valence-corrected chi connectivity index (χ0v) is 10.7. The van der Waals surface area contributed by atoms with E-state index in [1.165, 1.54) is 6.07 Å². The molecular formula is C12H18N2O4. The molecule has 1 heterocycles. The summed E-state index contributed by atoms with van der Waals surface area (Å²) in [4.78, 5) is 21.9. The maximum Gasteiger partial charge on any atom is 0.339 e. The van der Waals surface area contributed by atoms with Crippen LogP contribution in [0.4, 0.5) is 0 Å². The Morgan fingerprint density at radius 1 is 1.50 bits per heavy atom. The van der Waals surface area contributed by atoms with Gasteiger partial charge in [0.05, 0.1) is 12.0 Å². The Morgan fingerprint density at radius 3 is 2.56 bits per heavy atom. The Kier molecular flexibility index (Phi) is 4.13. The fourth-order valence-corrected chi connectivity index (χ4v) is 1.43. The Bertz CT molecular complexity index is 463. The molecule has 0 radical (unpaired) electrons. The third-order valence-corrected chi connectivity index (χ3v) is 2.73. The van der Waals surface area contributed by atoms with Gasteiger partial charge in [-0.3, -0.25) is 4.79 Å². The van der Waals surface area contributed by atoms with Crippen molar-refractivity contribution in [1.82, 2.24) is 5.32 Å². The van der Waals surface area contributed by atoms with E-state index in [0.717, 1.165) is 0 Å². The molecule has 0 aliphatic carbocycles. The van der Waals surface area contributed by atoms with Crippen molar-refractivity contribution in [3.8, 4) is 0 Å². The lowest BCUT2D eigenvalue weighted by atomic mass is 9.93. The lowest BCUT2D eigenvalue weighted by Crippen LogP contribution is -2.40. The summed E-state index contributed by atoms with van der Waals surface area (Å²) in [5, 5.41) is 11.9. The highest BCUT2D eigenvalue weighted by Gasteiger charge is 2.24. The minimum atomic E-state index is -1.01. The molecule has 1 rings (SSSR count). The number of carbonyl (C=O) groups is 2. The molecule has 0 aromatic carbocycles. The first-order valence-corrected chi connectivity index (χ1v) is 5.57. The van der Waals surface area contributed by atoms with E-state index < -0.39 is 17.3 Å². The fraction of sp³-hybridized carbons (Fsp3) is 0.500. The van der Waals surface area contributed by atoms with Crippen molar-refractivity contribution >= 4 is 11.9 Å². The predicted molar refractivity (Wildman–Crippen MR) is 65.1 cm³/mol. The van der Waals surface area contributed by atoms with Gasteiger partial charge in [0.25, 0.3) is 0 Å². The monoisotopic (exact) mass is 254 g/mol. The highest BCUT2D eigenvalue weighted by molar-refractivity contribution is 5.88. The van der Waals surface area contributed by atoms with Crippen LogP contribution >= 0.6 is 0 Å². The first kappa shape index (κ1) is 14.2. The number of furan rings is 1. The zero-order valence-electron chi connectivity index (χ0n) is 10.7. The third kappa shape index (κ3) is 3.33. The van der Waals surface area contributed by atoms with Gasteiger partial charge in [0.15, 0.2) is 0 Å². The molecule has 0 fully saturated rings. The molecule has 0 saturated carbocycles. The molecule has 4 N–H and O–H groups in total. The molecule has 1 amide bonds. The molecule has 0 spiro atoms. The van der Waals surface area contributed by atoms with Crippen LogP contribution in [0.3, 0.4) is 0 Å². The van der Waals surface area contributed by atoms with Gasteiger partial charge in [0, 0.05) is 6.54 Å². The first-order valence-electron chi connectivity index (χ1n) is 5.57. The molecule has 0 atom stereocenters. The minimum absolute atomic E-state index is 0.154. The Morgan fingerprint density at radius 2 is 2.11 bits per heavy atom. The molecule has 0 unspecified atom stereocenters. The van der Waals surface area contributed by atoms with Gasteiger partial charge in [0.1, 0.15) is 17.1 Å². The van der Waals surface area contributed by atoms with Crippen LogP contribution in [-0.2, 0) is 11.3 Å². The average Bonchev–Trinajstić information content (AvgIpc) is 2.59. The number of carboxylic acid groups (broad SMARTS) is 1. The summed E-state index contributed by atoms with van der Waals surface area (Å²) in [6, 6.07) is 1.47. The molecule has 18 heavy (non-hydrogen) atoms. The van der Waals surface area contributed by atoms with Crippen LogP contribution in [0.25, 0.3) is 0 Å². The van der Waals surface area contributed by atoms with E-state index in [9.17, 15) is 9.59 Å². The lowest BCUT2D eigenvalue weighted by Gasteiger charge is -2.20. The van der Waals surface area contributed by atoms with Crippen LogP contribution in [0.15, 0.2) is 10.5 Å². The molecule has 0 aliphatic heterocycles. The van der Waals surface area contributed by atoms with E-state index in [0.29, 0.717) is 24.6 Å². The number of amides is 1. The van der Waals surface area contributed by atoms with Gasteiger partial charge in [0.2, 0.25) is 5.91 Å². The van der Waals surface area contributed by atoms with Crippen molar-refractivity contribution in [3.63, 3.8) is 0 Å². The number of carboxylic acids is 1. The van der Waals surface area contributed by atoms with E-state index in [2.05, 4.69) is 5.32 Å². The summed E-state index contributed by atoms with van der Waals surface area (Å²) >= 11 is 0. The summed E-state index contributed by atoms with van der Waals surface area (Å²) in [6.45, 7) is 5.81. The van der Waals surface area contributed by atoms with Crippen molar-refractivity contribution in [2.45, 2.75) is 27.3 Å². The van der Waals surface area contributed by atoms with Crippen LogP contribution in [0.5, 0.6) is 0 Å². The van der Waals surface area contributed by atoms with Crippen molar-refractivity contribution in [1.29, 1.82) is 0 Å². The van der Waals surface area contributed by atoms with E-state index in [-0.39, 0.29) is 5.56 Å². The number of nitrogens with one attached hydrogen (secondary N) is 1. The van der Waals surface area contributed by atoms with Gasteiger partial charge in [-0.2, -0.15) is 0 Å². The van der Waals surface area contributed by atoms with Crippen molar-refractivity contribution < 1.29 is 19.1 Å². The van der Waals surface area contributed by atoms with Crippen molar-refractivity contribution in [2.24, 2.45) is 11.1 Å². The highest BCUT2D eigenvalue weighted by Crippen LogP contribution is 2.16. The number of aryl methyl sites for hydroxylation is 1. The quantitative estimate of drug-likeness (QED) is 0.699. The van der Waals surface area contributed by atoms with Crippen molar-refractivity contribution in [3.05, 3.63) is 23.2 Å². The van der Waals surface area contributed by atoms with E-state index in [1.54, 1.807) is 20.8 Å². The topological polar surface area (TPSA) is 106 Å². The van der Waals surface area contributed by atoms with Crippen molar-refractivity contribution in [2.75, 3.05) is 6.54 Å². The van der Waals surface area contributed by atoms with Crippen LogP contribution in [0.2, 0.25) is 0 Å². The molecule has 1 aromatic rings. The van der Waals surface area contributed by atoms with E-state index in [4.69, 9.17) is 15.3 Å². The Balaban J connectivity index is 2.57. The maximum atomic E-state index is 11.1. The molecule has 1 aromatic heterocycles. The summed E-state index contributed by atoms with van der Waals surface area (Å²) in [5.41, 5.74) is 4.74. The molecule has 100 valence electrons. The van der Waals surface area contributed by atoms with Crippen LogP contribution in [0.1, 0.15) is 35.7 Å². The van der Waals surface area contributed by atoms with Crippen LogP contribution < -0.4 is 11.1 Å². The summed E-state index contributed by atoms with van der Waals surface area (Å²) in [7, 11) is 0. The average molecular weight is 254 g/mol. The second-order valence-corrected chi connectivity index (χ2v) is 4.84. The molecule has 0 aliphatic rings.